The second kappa shape index (κ2) is 9.76. The molecule has 0 aromatic heterocycles. The highest BCUT2D eigenvalue weighted by molar-refractivity contribution is 7.89. The predicted molar refractivity (Wildman–Crippen MR) is 136 cm³/mol. The second-order valence-corrected chi connectivity index (χ2v) is 11.6. The molecule has 1 atom stereocenters. The topological polar surface area (TPSA) is 69.7 Å². The Labute approximate surface area is 211 Å². The van der Waals surface area contributed by atoms with Crippen LogP contribution in [0.2, 0.25) is 0 Å². The zero-order chi connectivity index (χ0) is 25.3. The molecule has 0 saturated carbocycles. The van der Waals surface area contributed by atoms with E-state index in [9.17, 15) is 17.6 Å². The summed E-state index contributed by atoms with van der Waals surface area (Å²) >= 11 is 0. The Morgan fingerprint density at radius 2 is 1.58 bits per heavy atom. The molecule has 1 N–H and O–H groups in total. The minimum atomic E-state index is -3.64. The van der Waals surface area contributed by atoms with Crippen LogP contribution in [0.4, 0.5) is 4.39 Å². The smallest absolute Gasteiger partial charge is 0.243 e. The third-order valence-electron chi connectivity index (χ3n) is 7.30. The largest absolute Gasteiger partial charge is 0.319 e. The molecular weight excluding hydrogens is 477 g/mol. The van der Waals surface area contributed by atoms with E-state index >= 15 is 0 Å². The zero-order valence-electron chi connectivity index (χ0n) is 20.2. The molecule has 36 heavy (non-hydrogen) atoms. The van der Waals surface area contributed by atoms with Crippen LogP contribution in [-0.4, -0.2) is 48.3 Å². The van der Waals surface area contributed by atoms with Crippen LogP contribution in [0.5, 0.6) is 0 Å². The number of nitrogens with zero attached hydrogens (tertiary/aromatic N) is 2. The van der Waals surface area contributed by atoms with E-state index in [1.165, 1.54) is 10.4 Å². The van der Waals surface area contributed by atoms with E-state index in [1.807, 2.05) is 37.3 Å². The van der Waals surface area contributed by atoms with E-state index in [4.69, 9.17) is 0 Å². The van der Waals surface area contributed by atoms with Gasteiger partial charge in [0, 0.05) is 18.7 Å². The van der Waals surface area contributed by atoms with Crippen molar-refractivity contribution in [2.75, 3.05) is 13.1 Å². The van der Waals surface area contributed by atoms with Gasteiger partial charge >= 0.3 is 0 Å². The van der Waals surface area contributed by atoms with Gasteiger partial charge in [0.25, 0.3) is 0 Å². The van der Waals surface area contributed by atoms with E-state index in [0.717, 1.165) is 11.1 Å². The zero-order valence-corrected chi connectivity index (χ0v) is 21.0. The van der Waals surface area contributed by atoms with Gasteiger partial charge in [-0.25, -0.2) is 12.8 Å². The van der Waals surface area contributed by atoms with Gasteiger partial charge in [-0.2, -0.15) is 4.31 Å². The van der Waals surface area contributed by atoms with E-state index < -0.39 is 21.7 Å². The molecule has 0 aliphatic carbocycles. The van der Waals surface area contributed by atoms with Gasteiger partial charge in [0.1, 0.15) is 5.82 Å². The molecule has 3 aromatic carbocycles. The molecule has 188 valence electrons. The summed E-state index contributed by atoms with van der Waals surface area (Å²) in [6, 6.07) is 22.7. The molecule has 6 nitrogen and oxygen atoms in total. The number of rotatable bonds is 6. The van der Waals surface area contributed by atoms with Gasteiger partial charge in [-0.1, -0.05) is 66.2 Å². The number of benzene rings is 3. The number of carbonyl (C=O) groups is 1. The molecule has 2 heterocycles. The summed E-state index contributed by atoms with van der Waals surface area (Å²) in [7, 11) is -3.64. The third-order valence-corrected chi connectivity index (χ3v) is 9.21. The van der Waals surface area contributed by atoms with Gasteiger partial charge in [-0.3, -0.25) is 10.1 Å². The molecule has 2 aliphatic rings. The van der Waals surface area contributed by atoms with Gasteiger partial charge in [0.05, 0.1) is 23.1 Å². The number of aryl methyl sites for hydroxylation is 1. The minimum Gasteiger partial charge on any atom is -0.319 e. The molecule has 8 heteroatoms. The maximum absolute atomic E-state index is 14.6. The number of hydrogen-bond donors (Lipinski definition) is 1. The lowest BCUT2D eigenvalue weighted by molar-refractivity contribution is -0.134. The van der Waals surface area contributed by atoms with E-state index in [0.29, 0.717) is 24.8 Å². The first-order chi connectivity index (χ1) is 17.3. The fourth-order valence-corrected chi connectivity index (χ4v) is 6.69. The molecule has 0 radical (unpaired) electrons. The number of piperidine rings is 1. The van der Waals surface area contributed by atoms with Crippen LogP contribution >= 0.6 is 0 Å². The van der Waals surface area contributed by atoms with Crippen molar-refractivity contribution in [2.45, 2.75) is 49.3 Å². The average molecular weight is 508 g/mol. The molecule has 2 saturated heterocycles. The number of carbonyl (C=O) groups excluding carboxylic acids is 1. The lowest BCUT2D eigenvalue weighted by atomic mass is 9.96. The monoisotopic (exact) mass is 507 g/mol. The van der Waals surface area contributed by atoms with Gasteiger partial charge < -0.3 is 4.90 Å². The Morgan fingerprint density at radius 1 is 0.944 bits per heavy atom. The minimum absolute atomic E-state index is 0.0862. The standard InChI is InChI=1S/C28H30FN3O3S/c1-21-11-13-24(14-12-21)36(34,35)31-17-15-28(16-18-31)30-26(19-22-7-3-2-4-8-22)27(33)32(28)20-23-9-5-6-10-25(23)29/h2-14,26,30H,15-20H2,1H3. The molecule has 3 aromatic rings. The van der Waals surface area contributed by atoms with Crippen molar-refractivity contribution in [3.8, 4) is 0 Å². The fourth-order valence-electron chi connectivity index (χ4n) is 5.25. The van der Waals surface area contributed by atoms with Crippen molar-refractivity contribution in [3.63, 3.8) is 0 Å². The molecule has 1 amide bonds. The second-order valence-electron chi connectivity index (χ2n) is 9.65. The van der Waals surface area contributed by atoms with Crippen LogP contribution in [0.15, 0.2) is 83.8 Å². The summed E-state index contributed by atoms with van der Waals surface area (Å²) in [5, 5.41) is 3.55. The normalized spacial score (nSPS) is 20.2. The maximum Gasteiger partial charge on any atom is 0.243 e. The number of sulfonamides is 1. The molecule has 5 rings (SSSR count). The Morgan fingerprint density at radius 3 is 2.25 bits per heavy atom. The molecule has 2 fully saturated rings. The number of nitrogens with one attached hydrogen (secondary N) is 1. The first-order valence-electron chi connectivity index (χ1n) is 12.2. The van der Waals surface area contributed by atoms with Crippen LogP contribution in [0.1, 0.15) is 29.5 Å². The van der Waals surface area contributed by atoms with Crippen molar-refractivity contribution in [3.05, 3.63) is 101 Å². The Hall–Kier alpha value is -3.07. The van der Waals surface area contributed by atoms with Crippen molar-refractivity contribution in [1.29, 1.82) is 0 Å². The highest BCUT2D eigenvalue weighted by Gasteiger charge is 2.52. The van der Waals surface area contributed by atoms with E-state index in [2.05, 4.69) is 5.32 Å². The lowest BCUT2D eigenvalue weighted by Gasteiger charge is -2.44. The summed E-state index contributed by atoms with van der Waals surface area (Å²) in [4.78, 5) is 15.6. The Kier molecular flexibility index (Phi) is 6.68. The summed E-state index contributed by atoms with van der Waals surface area (Å²) in [6.07, 6.45) is 1.35. The van der Waals surface area contributed by atoms with E-state index in [1.54, 1.807) is 47.4 Å². The first-order valence-corrected chi connectivity index (χ1v) is 13.7. The highest BCUT2D eigenvalue weighted by atomic mass is 32.2. The van der Waals surface area contributed by atoms with Gasteiger partial charge in [0.15, 0.2) is 0 Å². The van der Waals surface area contributed by atoms with Crippen molar-refractivity contribution >= 4 is 15.9 Å². The third kappa shape index (κ3) is 4.68. The van der Waals surface area contributed by atoms with Gasteiger partial charge in [0.2, 0.25) is 15.9 Å². The predicted octanol–water partition coefficient (Wildman–Crippen LogP) is 3.86. The fraction of sp³-hybridized carbons (Fsp3) is 0.321. The maximum atomic E-state index is 14.6. The summed E-state index contributed by atoms with van der Waals surface area (Å²) in [6.45, 7) is 2.58. The Bertz CT molecular complexity index is 1340. The quantitative estimate of drug-likeness (QED) is 0.550. The van der Waals surface area contributed by atoms with E-state index in [-0.39, 0.29) is 36.3 Å². The average Bonchev–Trinajstić information content (AvgIpc) is 3.11. The van der Waals surface area contributed by atoms with Crippen molar-refractivity contribution in [1.82, 2.24) is 14.5 Å². The van der Waals surface area contributed by atoms with Crippen LogP contribution in [0.3, 0.4) is 0 Å². The number of amides is 1. The molecule has 1 unspecified atom stereocenters. The summed E-state index contributed by atoms with van der Waals surface area (Å²) in [5.74, 6) is -0.441. The Balaban J connectivity index is 1.40. The number of hydrogen-bond acceptors (Lipinski definition) is 4. The molecule has 2 aliphatic heterocycles. The van der Waals surface area contributed by atoms with Crippen LogP contribution in [0, 0.1) is 12.7 Å². The van der Waals surface area contributed by atoms with Crippen LogP contribution < -0.4 is 5.32 Å². The van der Waals surface area contributed by atoms with Crippen molar-refractivity contribution in [2.24, 2.45) is 0 Å². The molecular formula is C28H30FN3O3S. The summed E-state index contributed by atoms with van der Waals surface area (Å²) < 4.78 is 42.6. The molecule has 1 spiro atoms. The highest BCUT2D eigenvalue weighted by Crippen LogP contribution is 2.36. The first kappa shape index (κ1) is 24.6. The SMILES string of the molecule is Cc1ccc(S(=O)(=O)N2CCC3(CC2)NC(Cc2ccccc2)C(=O)N3Cc2ccccc2F)cc1. The van der Waals surface area contributed by atoms with Crippen molar-refractivity contribution < 1.29 is 17.6 Å². The van der Waals surface area contributed by atoms with Crippen LogP contribution in [-0.2, 0) is 27.8 Å². The van der Waals surface area contributed by atoms with Gasteiger partial charge in [-0.05, 0) is 49.9 Å². The number of halogens is 1. The van der Waals surface area contributed by atoms with Crippen LogP contribution in [0.25, 0.3) is 0 Å². The lowest BCUT2D eigenvalue weighted by Crippen LogP contribution is -2.59. The molecule has 0 bridgehead atoms. The summed E-state index contributed by atoms with van der Waals surface area (Å²) in [5.41, 5.74) is 1.74. The van der Waals surface area contributed by atoms with Gasteiger partial charge in [-0.15, -0.1) is 0 Å².